The van der Waals surface area contributed by atoms with Gasteiger partial charge in [0.25, 0.3) is 5.56 Å². The first kappa shape index (κ1) is 14.7. The average Bonchev–Trinajstić information content (AvgIpc) is 2.59. The van der Waals surface area contributed by atoms with Crippen LogP contribution in [-0.2, 0) is 6.98 Å². The van der Waals surface area contributed by atoms with Crippen LogP contribution < -0.4 is 16.0 Å². The minimum absolute atomic E-state index is 0.291. The topological polar surface area (TPSA) is 70.1 Å². The number of nitrogens with two attached hydrogens (primary N) is 1. The van der Waals surface area contributed by atoms with Gasteiger partial charge in [-0.2, -0.15) is 0 Å². The van der Waals surface area contributed by atoms with Crippen molar-refractivity contribution in [3.63, 3.8) is 0 Å². The van der Waals surface area contributed by atoms with Gasteiger partial charge in [0.2, 0.25) is 0 Å². The van der Waals surface area contributed by atoms with Crippen LogP contribution in [-0.4, -0.2) is 21.7 Å². The highest BCUT2D eigenvalue weighted by atomic mass is 16.5. The van der Waals surface area contributed by atoms with E-state index >= 15 is 0 Å². The summed E-state index contributed by atoms with van der Waals surface area (Å²) in [5.41, 5.74) is 6.03. The van der Waals surface area contributed by atoms with Crippen molar-refractivity contribution >= 4 is 21.7 Å². The van der Waals surface area contributed by atoms with E-state index in [-0.39, 0.29) is 0 Å². The SMILES string of the molecule is [2H]C([2H])([2H])n1c(=O)c2cc(OCC(C)(N)CC(C)C)ccc2c2ccnc(C)c21. The van der Waals surface area contributed by atoms with Gasteiger partial charge in [-0.25, -0.2) is 0 Å². The summed E-state index contributed by atoms with van der Waals surface area (Å²) >= 11 is 0. The Morgan fingerprint density at radius 1 is 1.31 bits per heavy atom. The van der Waals surface area contributed by atoms with Crippen molar-refractivity contribution in [2.45, 2.75) is 39.7 Å². The van der Waals surface area contributed by atoms with Gasteiger partial charge in [0.05, 0.1) is 16.6 Å². The van der Waals surface area contributed by atoms with Gasteiger partial charge in [0.15, 0.2) is 0 Å². The third-order valence-corrected chi connectivity index (χ3v) is 4.49. The number of benzene rings is 1. The van der Waals surface area contributed by atoms with Crippen LogP contribution in [0.2, 0.25) is 0 Å². The number of aromatic nitrogens is 2. The van der Waals surface area contributed by atoms with Crippen molar-refractivity contribution in [3.05, 3.63) is 46.5 Å². The Kier molecular flexibility index (Phi) is 3.81. The Labute approximate surface area is 158 Å². The fraction of sp³-hybridized carbons (Fsp3) is 0.429. The Morgan fingerprint density at radius 2 is 2.08 bits per heavy atom. The molecule has 5 heteroatoms. The first-order valence-electron chi connectivity index (χ1n) is 10.3. The summed E-state index contributed by atoms with van der Waals surface area (Å²) < 4.78 is 30.3. The minimum Gasteiger partial charge on any atom is -0.492 e. The maximum atomic E-state index is 13.1. The summed E-state index contributed by atoms with van der Waals surface area (Å²) in [5, 5.41) is 1.62. The molecule has 0 saturated heterocycles. The number of hydrogen-bond donors (Lipinski definition) is 1. The van der Waals surface area contributed by atoms with Gasteiger partial charge in [0.1, 0.15) is 12.4 Å². The highest BCUT2D eigenvalue weighted by Crippen LogP contribution is 2.27. The van der Waals surface area contributed by atoms with Gasteiger partial charge < -0.3 is 15.0 Å². The molecule has 26 heavy (non-hydrogen) atoms. The molecule has 3 rings (SSSR count). The van der Waals surface area contributed by atoms with E-state index in [1.54, 1.807) is 37.4 Å². The molecule has 2 heterocycles. The van der Waals surface area contributed by atoms with E-state index in [2.05, 4.69) is 18.8 Å². The van der Waals surface area contributed by atoms with Gasteiger partial charge in [0, 0.05) is 28.2 Å². The molecule has 0 aliphatic heterocycles. The zero-order chi connectivity index (χ0) is 21.6. The van der Waals surface area contributed by atoms with Crippen molar-refractivity contribution in [2.24, 2.45) is 18.6 Å². The highest BCUT2D eigenvalue weighted by Gasteiger charge is 2.21. The maximum absolute atomic E-state index is 13.1. The fourth-order valence-corrected chi connectivity index (χ4v) is 3.54. The molecule has 2 aromatic heterocycles. The van der Waals surface area contributed by atoms with Crippen molar-refractivity contribution < 1.29 is 8.85 Å². The standard InChI is InChI=1S/C21H27N3O2/c1-13(2)11-21(4,22)12-26-15-6-7-16-17-8-9-23-14(3)19(17)24(5)20(25)18(16)10-15/h6-10,13H,11-12,22H2,1-5H3/i5D3. The number of ether oxygens (including phenoxy) is 1. The van der Waals surface area contributed by atoms with Crippen LogP contribution in [0.25, 0.3) is 21.7 Å². The first-order valence-corrected chi connectivity index (χ1v) is 8.77. The Bertz CT molecular complexity index is 1120. The van der Waals surface area contributed by atoms with Crippen LogP contribution in [0.4, 0.5) is 0 Å². The minimum atomic E-state index is -2.62. The van der Waals surface area contributed by atoms with Crippen molar-refractivity contribution in [1.82, 2.24) is 9.55 Å². The highest BCUT2D eigenvalue weighted by molar-refractivity contribution is 6.06. The summed E-state index contributed by atoms with van der Waals surface area (Å²) in [7, 11) is 0. The lowest BCUT2D eigenvalue weighted by molar-refractivity contribution is 0.207. The van der Waals surface area contributed by atoms with E-state index in [0.29, 0.717) is 45.6 Å². The molecule has 0 aliphatic rings. The molecule has 2 N–H and O–H groups in total. The average molecular weight is 356 g/mol. The second-order valence-corrected chi connectivity index (χ2v) is 7.68. The molecule has 0 aliphatic carbocycles. The molecular weight excluding hydrogens is 326 g/mol. The number of aryl methyl sites for hydroxylation is 2. The van der Waals surface area contributed by atoms with E-state index in [1.807, 2.05) is 6.92 Å². The molecule has 0 amide bonds. The number of nitrogens with zero attached hydrogens (tertiary/aromatic N) is 2. The lowest BCUT2D eigenvalue weighted by Crippen LogP contribution is -2.43. The van der Waals surface area contributed by atoms with Crippen LogP contribution in [0, 0.1) is 12.8 Å². The molecule has 0 fully saturated rings. The third kappa shape index (κ3) is 3.44. The lowest BCUT2D eigenvalue weighted by Gasteiger charge is -2.26. The zero-order valence-corrected chi connectivity index (χ0v) is 15.7. The van der Waals surface area contributed by atoms with E-state index in [9.17, 15) is 4.79 Å². The van der Waals surface area contributed by atoms with Crippen molar-refractivity contribution in [2.75, 3.05) is 6.61 Å². The second-order valence-electron chi connectivity index (χ2n) is 7.68. The van der Waals surface area contributed by atoms with Gasteiger partial charge in [-0.1, -0.05) is 13.8 Å². The summed E-state index contributed by atoms with van der Waals surface area (Å²) in [6.07, 6.45) is 2.41. The molecule has 1 aromatic carbocycles. The monoisotopic (exact) mass is 356 g/mol. The summed E-state index contributed by atoms with van der Waals surface area (Å²) in [4.78, 5) is 17.3. The number of fused-ring (bicyclic) bond motifs is 3. The van der Waals surface area contributed by atoms with Crippen LogP contribution >= 0.6 is 0 Å². The predicted octanol–water partition coefficient (Wildman–Crippen LogP) is 3.54. The van der Waals surface area contributed by atoms with E-state index in [1.165, 1.54) is 0 Å². The van der Waals surface area contributed by atoms with E-state index < -0.39 is 18.1 Å². The molecule has 138 valence electrons. The molecule has 1 unspecified atom stereocenters. The van der Waals surface area contributed by atoms with Crippen LogP contribution in [0.3, 0.4) is 0 Å². The normalized spacial score (nSPS) is 16.3. The van der Waals surface area contributed by atoms with Gasteiger partial charge >= 0.3 is 0 Å². The summed E-state index contributed by atoms with van der Waals surface area (Å²) in [6.45, 7) is 5.49. The molecule has 0 spiro atoms. The van der Waals surface area contributed by atoms with Gasteiger partial charge in [-0.05, 0) is 55.8 Å². The zero-order valence-electron chi connectivity index (χ0n) is 18.7. The van der Waals surface area contributed by atoms with Crippen molar-refractivity contribution in [1.29, 1.82) is 0 Å². The Balaban J connectivity index is 2.15. The molecular formula is C21H27N3O2. The molecule has 0 radical (unpaired) electrons. The largest absolute Gasteiger partial charge is 0.492 e. The number of pyridine rings is 2. The Morgan fingerprint density at radius 3 is 2.77 bits per heavy atom. The fourth-order valence-electron chi connectivity index (χ4n) is 3.54. The summed E-state index contributed by atoms with van der Waals surface area (Å²) in [5.74, 6) is 0.914. The number of hydrogen-bond acceptors (Lipinski definition) is 4. The van der Waals surface area contributed by atoms with Gasteiger partial charge in [-0.3, -0.25) is 9.78 Å². The second kappa shape index (κ2) is 6.72. The van der Waals surface area contributed by atoms with Crippen molar-refractivity contribution in [3.8, 4) is 5.75 Å². The molecule has 5 nitrogen and oxygen atoms in total. The smallest absolute Gasteiger partial charge is 0.258 e. The van der Waals surface area contributed by atoms with Crippen LogP contribution in [0.5, 0.6) is 5.75 Å². The van der Waals surface area contributed by atoms with Gasteiger partial charge in [-0.15, -0.1) is 0 Å². The van der Waals surface area contributed by atoms with Crippen LogP contribution in [0.1, 0.15) is 37.0 Å². The maximum Gasteiger partial charge on any atom is 0.258 e. The third-order valence-electron chi connectivity index (χ3n) is 4.49. The Hall–Kier alpha value is -2.40. The molecule has 0 saturated carbocycles. The first-order chi connectivity index (χ1) is 13.4. The quantitative estimate of drug-likeness (QED) is 0.710. The molecule has 3 aromatic rings. The van der Waals surface area contributed by atoms with E-state index in [4.69, 9.17) is 14.6 Å². The lowest BCUT2D eigenvalue weighted by atomic mass is 9.93. The number of rotatable bonds is 5. The molecule has 0 bridgehead atoms. The van der Waals surface area contributed by atoms with E-state index in [0.717, 1.165) is 11.0 Å². The summed E-state index contributed by atoms with van der Waals surface area (Å²) in [6, 6.07) is 6.89. The molecule has 1 atom stereocenters. The predicted molar refractivity (Wildman–Crippen MR) is 107 cm³/mol. The van der Waals surface area contributed by atoms with Crippen LogP contribution in [0.15, 0.2) is 35.3 Å².